The van der Waals surface area contributed by atoms with Crippen LogP contribution in [0.2, 0.25) is 0 Å². The zero-order valence-electron chi connectivity index (χ0n) is 29.6. The highest BCUT2D eigenvalue weighted by atomic mass is 32.2. The van der Waals surface area contributed by atoms with E-state index in [0.717, 1.165) is 49.7 Å². The lowest BCUT2D eigenvalue weighted by atomic mass is 9.89. The van der Waals surface area contributed by atoms with Crippen LogP contribution in [-0.4, -0.2) is 35.3 Å². The fraction of sp³-hybridized carbons (Fsp3) is 0.261. The van der Waals surface area contributed by atoms with Gasteiger partial charge in [-0.25, -0.2) is 0 Å². The fourth-order valence-corrected chi connectivity index (χ4v) is 9.30. The predicted octanol–water partition coefficient (Wildman–Crippen LogP) is 9.10. The van der Waals surface area contributed by atoms with Gasteiger partial charge in [0.25, 0.3) is 0 Å². The van der Waals surface area contributed by atoms with E-state index in [-0.39, 0.29) is 11.9 Å². The van der Waals surface area contributed by atoms with Gasteiger partial charge < -0.3 is 28.8 Å². The molecular formula is C46H44O6S. The summed E-state index contributed by atoms with van der Waals surface area (Å²) >= 11 is 1.72. The van der Waals surface area contributed by atoms with Crippen LogP contribution in [0.4, 0.5) is 0 Å². The lowest BCUT2D eigenvalue weighted by Crippen LogP contribution is -2.61. The first-order valence-corrected chi connectivity index (χ1v) is 19.1. The van der Waals surface area contributed by atoms with E-state index in [4.69, 9.17) is 23.7 Å². The van der Waals surface area contributed by atoms with Crippen molar-refractivity contribution in [3.8, 4) is 0 Å². The zero-order valence-corrected chi connectivity index (χ0v) is 30.4. The lowest BCUT2D eigenvalue weighted by Gasteiger charge is -2.50. The lowest BCUT2D eigenvalue weighted by molar-refractivity contribution is -0.207. The molecule has 0 amide bonds. The van der Waals surface area contributed by atoms with Gasteiger partial charge in [-0.15, -0.1) is 11.8 Å². The summed E-state index contributed by atoms with van der Waals surface area (Å²) in [6.45, 7) is 2.43. The monoisotopic (exact) mass is 724 g/mol. The summed E-state index contributed by atoms with van der Waals surface area (Å²) in [5.41, 5.74) is 7.38. The van der Waals surface area contributed by atoms with Gasteiger partial charge in [0.2, 0.25) is 0 Å². The average molecular weight is 725 g/mol. The third-order valence-electron chi connectivity index (χ3n) is 10.2. The van der Waals surface area contributed by atoms with E-state index in [9.17, 15) is 5.11 Å². The minimum absolute atomic E-state index is 0.0314. The molecule has 7 heteroatoms. The molecule has 6 aromatic rings. The molecule has 270 valence electrons. The summed E-state index contributed by atoms with van der Waals surface area (Å²) in [4.78, 5) is -0.928. The van der Waals surface area contributed by atoms with E-state index >= 15 is 0 Å². The quantitative estimate of drug-likeness (QED) is 0.120. The van der Waals surface area contributed by atoms with Gasteiger partial charge in [-0.1, -0.05) is 152 Å². The molecule has 2 heterocycles. The number of ether oxygens (including phenoxy) is 5. The highest BCUT2D eigenvalue weighted by Crippen LogP contribution is 2.57. The minimum Gasteiger partial charge on any atom is -0.392 e. The third-order valence-corrected chi connectivity index (χ3v) is 11.8. The molecule has 1 saturated heterocycles. The van der Waals surface area contributed by atoms with Crippen molar-refractivity contribution in [3.63, 3.8) is 0 Å². The predicted molar refractivity (Wildman–Crippen MR) is 209 cm³/mol. The van der Waals surface area contributed by atoms with Crippen LogP contribution in [0.1, 0.15) is 38.9 Å². The Morgan fingerprint density at radius 1 is 0.566 bits per heavy atom. The van der Waals surface area contributed by atoms with E-state index in [0.29, 0.717) is 39.6 Å². The fourth-order valence-electron chi connectivity index (χ4n) is 7.53. The van der Waals surface area contributed by atoms with Crippen molar-refractivity contribution in [2.75, 3.05) is 6.61 Å². The first-order valence-electron chi connectivity index (χ1n) is 18.3. The van der Waals surface area contributed by atoms with E-state index < -0.39 is 23.2 Å². The molecule has 6 nitrogen and oxygen atoms in total. The summed E-state index contributed by atoms with van der Waals surface area (Å²) < 4.78 is 34.8. The summed E-state index contributed by atoms with van der Waals surface area (Å²) in [5.74, 6) is 0. The maximum absolute atomic E-state index is 10.2. The molecule has 1 N–H and O–H groups in total. The molecule has 0 aliphatic carbocycles. The minimum atomic E-state index is -0.928. The topological polar surface area (TPSA) is 66.4 Å². The molecule has 8 rings (SSSR count). The van der Waals surface area contributed by atoms with Crippen molar-refractivity contribution in [2.45, 2.75) is 68.1 Å². The van der Waals surface area contributed by atoms with Gasteiger partial charge in [0.1, 0.15) is 18.3 Å². The van der Waals surface area contributed by atoms with Crippen LogP contribution in [0, 0.1) is 0 Å². The smallest absolute Gasteiger partial charge is 0.169 e. The number of aliphatic hydroxyl groups excluding tert-OH is 1. The van der Waals surface area contributed by atoms with Gasteiger partial charge in [0.05, 0.1) is 51.5 Å². The van der Waals surface area contributed by atoms with E-state index in [1.165, 1.54) is 0 Å². The van der Waals surface area contributed by atoms with Crippen LogP contribution in [0.25, 0.3) is 10.8 Å². The van der Waals surface area contributed by atoms with Crippen LogP contribution in [0.3, 0.4) is 0 Å². The number of thioether (sulfide) groups is 1. The molecule has 2 aliphatic rings. The Morgan fingerprint density at radius 2 is 1.11 bits per heavy atom. The molecule has 0 aromatic heterocycles. The van der Waals surface area contributed by atoms with E-state index in [1.807, 2.05) is 84.9 Å². The largest absolute Gasteiger partial charge is 0.392 e. The maximum atomic E-state index is 10.2. The van der Waals surface area contributed by atoms with Crippen molar-refractivity contribution in [2.24, 2.45) is 0 Å². The Kier molecular flexibility index (Phi) is 11.3. The summed E-state index contributed by atoms with van der Waals surface area (Å²) in [5, 5.41) is 12.1. The second-order valence-corrected chi connectivity index (χ2v) is 15.1. The molecule has 0 bridgehead atoms. The third kappa shape index (κ3) is 7.84. The molecule has 0 radical (unpaired) electrons. The molecule has 0 saturated carbocycles. The number of benzene rings is 6. The second-order valence-electron chi connectivity index (χ2n) is 13.6. The van der Waals surface area contributed by atoms with Gasteiger partial charge in [0, 0.05) is 5.56 Å². The molecule has 0 unspecified atom stereocenters. The first kappa shape index (κ1) is 35.7. The SMILES string of the molecule is OCc1cccc2c3c(ccc12)[C@]1(OC3)S[C@H](COCc2ccccc2)[C@@H](OCc2ccccc2)[C@H](OCc2ccccc2)[C@H]1OCc1ccccc1. The summed E-state index contributed by atoms with van der Waals surface area (Å²) in [7, 11) is 0. The van der Waals surface area contributed by atoms with Crippen LogP contribution >= 0.6 is 11.8 Å². The molecule has 1 spiro atoms. The summed E-state index contributed by atoms with van der Waals surface area (Å²) in [6, 6.07) is 51.4. The number of fused-ring (bicyclic) bond motifs is 4. The maximum Gasteiger partial charge on any atom is 0.169 e. The van der Waals surface area contributed by atoms with Gasteiger partial charge in [-0.2, -0.15) is 0 Å². The molecule has 1 fully saturated rings. The summed E-state index contributed by atoms with van der Waals surface area (Å²) in [6.07, 6.45) is -1.48. The van der Waals surface area contributed by atoms with Gasteiger partial charge in [-0.3, -0.25) is 0 Å². The van der Waals surface area contributed by atoms with E-state index in [1.54, 1.807) is 11.8 Å². The van der Waals surface area contributed by atoms with Crippen LogP contribution in [0.5, 0.6) is 0 Å². The van der Waals surface area contributed by atoms with Crippen LogP contribution < -0.4 is 0 Å². The Hall–Kier alpha value is -4.31. The standard InChI is InChI=1S/C46H44O6S/c47-26-37-22-13-23-39-38(37)24-25-41-40(39)31-52-46(41)45(51-30-36-20-11-4-12-21-36)44(50-29-35-18-9-3-10-19-35)43(49-28-34-16-7-2-8-17-34)42(53-46)32-48-27-33-14-5-1-6-15-33/h1-25,42-45,47H,26-32H2/t42-,43-,44+,45-,46+/m1/s1. The Labute approximate surface area is 315 Å². The second kappa shape index (κ2) is 16.8. The van der Waals surface area contributed by atoms with Crippen molar-refractivity contribution in [1.82, 2.24) is 0 Å². The zero-order chi connectivity index (χ0) is 35.9. The van der Waals surface area contributed by atoms with Crippen LogP contribution in [0.15, 0.2) is 152 Å². The molecule has 5 atom stereocenters. The molecular weight excluding hydrogens is 681 g/mol. The van der Waals surface area contributed by atoms with Gasteiger partial charge in [0.15, 0.2) is 4.93 Å². The van der Waals surface area contributed by atoms with Crippen molar-refractivity contribution in [3.05, 3.63) is 191 Å². The van der Waals surface area contributed by atoms with Gasteiger partial charge in [-0.05, 0) is 44.2 Å². The van der Waals surface area contributed by atoms with Crippen molar-refractivity contribution >= 4 is 22.5 Å². The number of hydrogen-bond acceptors (Lipinski definition) is 7. The highest BCUT2D eigenvalue weighted by molar-refractivity contribution is 8.00. The molecule has 2 aliphatic heterocycles. The average Bonchev–Trinajstić information content (AvgIpc) is 3.59. The van der Waals surface area contributed by atoms with Crippen molar-refractivity contribution < 1.29 is 28.8 Å². The number of hydrogen-bond donors (Lipinski definition) is 1. The number of rotatable bonds is 14. The normalized spacial score (nSPS) is 22.3. The number of aliphatic hydroxyl groups is 1. The van der Waals surface area contributed by atoms with E-state index in [2.05, 4.69) is 66.7 Å². The highest BCUT2D eigenvalue weighted by Gasteiger charge is 2.60. The molecule has 53 heavy (non-hydrogen) atoms. The molecule has 6 aromatic carbocycles. The van der Waals surface area contributed by atoms with Crippen LogP contribution in [-0.2, 0) is 68.3 Å². The Balaban J connectivity index is 1.22. The van der Waals surface area contributed by atoms with Crippen molar-refractivity contribution in [1.29, 1.82) is 0 Å². The van der Waals surface area contributed by atoms with Gasteiger partial charge >= 0.3 is 0 Å². The first-order chi connectivity index (χ1) is 26.2. The Morgan fingerprint density at radius 3 is 1.70 bits per heavy atom. The Bertz CT molecular complexity index is 2060.